The molecular weight excluding hydrogens is 332 g/mol. The Bertz CT molecular complexity index is 784. The SMILES string of the molecule is C[C@@]1(O)CCN(C(=O)c2noc3c2CCCC3)C[C@H]1Oc1ccccc1. The second-order valence-corrected chi connectivity index (χ2v) is 7.42. The van der Waals surface area contributed by atoms with Crippen molar-refractivity contribution in [1.82, 2.24) is 10.1 Å². The molecule has 0 saturated carbocycles. The van der Waals surface area contributed by atoms with Crippen molar-refractivity contribution in [2.45, 2.75) is 50.7 Å². The van der Waals surface area contributed by atoms with Crippen molar-refractivity contribution in [3.8, 4) is 5.75 Å². The van der Waals surface area contributed by atoms with E-state index in [-0.39, 0.29) is 5.91 Å². The number of carbonyl (C=O) groups is 1. The molecule has 0 spiro atoms. The highest BCUT2D eigenvalue weighted by atomic mass is 16.5. The molecule has 4 rings (SSSR count). The first-order valence-corrected chi connectivity index (χ1v) is 9.25. The van der Waals surface area contributed by atoms with Crippen LogP contribution < -0.4 is 4.74 Å². The largest absolute Gasteiger partial charge is 0.486 e. The maximum atomic E-state index is 13.0. The number of para-hydroxylation sites is 1. The third kappa shape index (κ3) is 3.21. The first-order chi connectivity index (χ1) is 12.5. The van der Waals surface area contributed by atoms with E-state index < -0.39 is 11.7 Å². The van der Waals surface area contributed by atoms with Crippen LogP contribution in [-0.2, 0) is 12.8 Å². The molecule has 0 bridgehead atoms. The van der Waals surface area contributed by atoms with Crippen LogP contribution in [0.2, 0.25) is 0 Å². The Morgan fingerprint density at radius 2 is 2.08 bits per heavy atom. The number of carbonyl (C=O) groups excluding carboxylic acids is 1. The lowest BCUT2D eigenvalue weighted by Crippen LogP contribution is -2.57. The Labute approximate surface area is 152 Å². The first-order valence-electron chi connectivity index (χ1n) is 9.25. The third-order valence-corrected chi connectivity index (χ3v) is 5.43. The lowest BCUT2D eigenvalue weighted by Gasteiger charge is -2.42. The van der Waals surface area contributed by atoms with Gasteiger partial charge in [0.05, 0.1) is 6.54 Å². The molecule has 1 aliphatic carbocycles. The van der Waals surface area contributed by atoms with E-state index in [1.807, 2.05) is 30.3 Å². The zero-order valence-corrected chi connectivity index (χ0v) is 15.0. The summed E-state index contributed by atoms with van der Waals surface area (Å²) in [5, 5.41) is 14.8. The highest BCUT2D eigenvalue weighted by molar-refractivity contribution is 5.94. The van der Waals surface area contributed by atoms with Crippen LogP contribution in [0.25, 0.3) is 0 Å². The van der Waals surface area contributed by atoms with Gasteiger partial charge in [-0.2, -0.15) is 0 Å². The van der Waals surface area contributed by atoms with E-state index in [0.717, 1.165) is 37.0 Å². The van der Waals surface area contributed by atoms with Gasteiger partial charge in [-0.25, -0.2) is 0 Å². The van der Waals surface area contributed by atoms with Gasteiger partial charge in [0, 0.05) is 18.5 Å². The molecule has 1 aromatic heterocycles. The van der Waals surface area contributed by atoms with E-state index in [1.165, 1.54) is 0 Å². The van der Waals surface area contributed by atoms with E-state index in [2.05, 4.69) is 5.16 Å². The molecule has 138 valence electrons. The predicted molar refractivity (Wildman–Crippen MR) is 95.1 cm³/mol. The van der Waals surface area contributed by atoms with Gasteiger partial charge < -0.3 is 19.3 Å². The summed E-state index contributed by atoms with van der Waals surface area (Å²) in [4.78, 5) is 14.7. The Morgan fingerprint density at radius 3 is 2.88 bits per heavy atom. The highest BCUT2D eigenvalue weighted by Crippen LogP contribution is 2.29. The van der Waals surface area contributed by atoms with E-state index >= 15 is 0 Å². The van der Waals surface area contributed by atoms with Crippen molar-refractivity contribution in [2.24, 2.45) is 0 Å². The topological polar surface area (TPSA) is 75.8 Å². The molecule has 1 aromatic carbocycles. The lowest BCUT2D eigenvalue weighted by atomic mass is 9.89. The van der Waals surface area contributed by atoms with Crippen LogP contribution in [0.5, 0.6) is 5.75 Å². The Morgan fingerprint density at radius 1 is 1.31 bits per heavy atom. The third-order valence-electron chi connectivity index (χ3n) is 5.43. The number of piperidine rings is 1. The van der Waals surface area contributed by atoms with E-state index in [1.54, 1.807) is 11.8 Å². The van der Waals surface area contributed by atoms with Crippen molar-refractivity contribution in [2.75, 3.05) is 13.1 Å². The Hall–Kier alpha value is -2.34. The number of ether oxygens (including phenoxy) is 1. The molecule has 2 heterocycles. The predicted octanol–water partition coefficient (Wildman–Crippen LogP) is 2.60. The molecule has 1 N–H and O–H groups in total. The smallest absolute Gasteiger partial charge is 0.276 e. The molecular formula is C20H24N2O4. The molecule has 6 heteroatoms. The molecule has 1 saturated heterocycles. The molecule has 2 aromatic rings. The number of hydrogen-bond donors (Lipinski definition) is 1. The van der Waals surface area contributed by atoms with Crippen LogP contribution in [0.3, 0.4) is 0 Å². The van der Waals surface area contributed by atoms with Gasteiger partial charge in [0.15, 0.2) is 5.69 Å². The second kappa shape index (κ2) is 6.76. The average Bonchev–Trinajstić information content (AvgIpc) is 3.08. The summed E-state index contributed by atoms with van der Waals surface area (Å²) in [6.07, 6.45) is 3.79. The molecule has 2 atom stereocenters. The lowest BCUT2D eigenvalue weighted by molar-refractivity contribution is -0.0882. The van der Waals surface area contributed by atoms with Gasteiger partial charge in [-0.3, -0.25) is 4.79 Å². The molecule has 6 nitrogen and oxygen atoms in total. The molecule has 1 fully saturated rings. The number of aromatic nitrogens is 1. The first kappa shape index (κ1) is 17.1. The number of aliphatic hydroxyl groups is 1. The number of nitrogens with zero attached hydrogens (tertiary/aromatic N) is 2. The van der Waals surface area contributed by atoms with E-state index in [0.29, 0.717) is 31.0 Å². The fourth-order valence-corrected chi connectivity index (χ4v) is 3.72. The van der Waals surface area contributed by atoms with Crippen molar-refractivity contribution in [3.05, 3.63) is 47.3 Å². The van der Waals surface area contributed by atoms with Gasteiger partial charge >= 0.3 is 0 Å². The number of aryl methyl sites for hydroxylation is 1. The van der Waals surface area contributed by atoms with Crippen molar-refractivity contribution >= 4 is 5.91 Å². The summed E-state index contributed by atoms with van der Waals surface area (Å²) >= 11 is 0. The van der Waals surface area contributed by atoms with Crippen LogP contribution >= 0.6 is 0 Å². The minimum atomic E-state index is -0.990. The van der Waals surface area contributed by atoms with Gasteiger partial charge in [-0.1, -0.05) is 23.4 Å². The van der Waals surface area contributed by atoms with Crippen LogP contribution in [0.4, 0.5) is 0 Å². The molecule has 2 aliphatic rings. The summed E-state index contributed by atoms with van der Waals surface area (Å²) < 4.78 is 11.4. The Balaban J connectivity index is 1.52. The number of hydrogen-bond acceptors (Lipinski definition) is 5. The summed E-state index contributed by atoms with van der Waals surface area (Å²) in [6, 6.07) is 9.39. The number of fused-ring (bicyclic) bond motifs is 1. The van der Waals surface area contributed by atoms with Gasteiger partial charge in [-0.05, 0) is 44.7 Å². The number of amides is 1. The van der Waals surface area contributed by atoms with Crippen molar-refractivity contribution < 1.29 is 19.2 Å². The summed E-state index contributed by atoms with van der Waals surface area (Å²) in [5.41, 5.74) is 0.398. The monoisotopic (exact) mass is 356 g/mol. The number of likely N-dealkylation sites (tertiary alicyclic amines) is 1. The molecule has 26 heavy (non-hydrogen) atoms. The maximum absolute atomic E-state index is 13.0. The molecule has 1 amide bonds. The molecule has 0 radical (unpaired) electrons. The average molecular weight is 356 g/mol. The van der Waals surface area contributed by atoms with E-state index in [9.17, 15) is 9.90 Å². The summed E-state index contributed by atoms with van der Waals surface area (Å²) in [6.45, 7) is 2.56. The van der Waals surface area contributed by atoms with Crippen LogP contribution in [0, 0.1) is 0 Å². The van der Waals surface area contributed by atoms with Gasteiger partial charge in [0.1, 0.15) is 23.2 Å². The van der Waals surface area contributed by atoms with E-state index in [4.69, 9.17) is 9.26 Å². The standard InChI is InChI=1S/C20H24N2O4/c1-20(24)11-12-22(13-17(20)25-14-7-3-2-4-8-14)19(23)18-15-9-5-6-10-16(15)26-21-18/h2-4,7-8,17,24H,5-6,9-13H2,1H3/t17-,20-/m1/s1. The minimum Gasteiger partial charge on any atom is -0.486 e. The zero-order chi connectivity index (χ0) is 18.1. The van der Waals surface area contributed by atoms with Gasteiger partial charge in [0.25, 0.3) is 5.91 Å². The second-order valence-electron chi connectivity index (χ2n) is 7.42. The maximum Gasteiger partial charge on any atom is 0.276 e. The van der Waals surface area contributed by atoms with Crippen LogP contribution in [0.1, 0.15) is 48.0 Å². The Kier molecular flexibility index (Phi) is 4.44. The van der Waals surface area contributed by atoms with Gasteiger partial charge in [-0.15, -0.1) is 0 Å². The summed E-state index contributed by atoms with van der Waals surface area (Å²) in [5.74, 6) is 1.40. The van der Waals surface area contributed by atoms with Crippen molar-refractivity contribution in [1.29, 1.82) is 0 Å². The zero-order valence-electron chi connectivity index (χ0n) is 15.0. The van der Waals surface area contributed by atoms with Crippen molar-refractivity contribution in [3.63, 3.8) is 0 Å². The molecule has 0 unspecified atom stereocenters. The molecule has 1 aliphatic heterocycles. The number of rotatable bonds is 3. The van der Waals surface area contributed by atoms with Gasteiger partial charge in [0.2, 0.25) is 0 Å². The van der Waals surface area contributed by atoms with Crippen LogP contribution in [0.15, 0.2) is 34.9 Å². The number of benzene rings is 1. The normalized spacial score (nSPS) is 25.6. The van der Waals surface area contributed by atoms with Crippen LogP contribution in [-0.4, -0.2) is 45.9 Å². The quantitative estimate of drug-likeness (QED) is 0.915. The minimum absolute atomic E-state index is 0.130. The fourth-order valence-electron chi connectivity index (χ4n) is 3.72. The fraction of sp³-hybridized carbons (Fsp3) is 0.500. The highest BCUT2D eigenvalue weighted by Gasteiger charge is 2.42. The summed E-state index contributed by atoms with van der Waals surface area (Å²) in [7, 11) is 0.